The van der Waals surface area contributed by atoms with E-state index >= 15 is 0 Å². The molecule has 0 unspecified atom stereocenters. The molecule has 0 atom stereocenters. The van der Waals surface area contributed by atoms with Gasteiger partial charge in [-0.1, -0.05) is 12.1 Å². The van der Waals surface area contributed by atoms with Crippen LogP contribution in [0.15, 0.2) is 27.7 Å². The van der Waals surface area contributed by atoms with E-state index < -0.39 is 0 Å². The van der Waals surface area contributed by atoms with Crippen molar-refractivity contribution < 1.29 is 4.39 Å². The Hall–Kier alpha value is -0.810. The van der Waals surface area contributed by atoms with Crippen LogP contribution < -0.4 is 11.5 Å². The first-order chi connectivity index (χ1) is 6.11. The van der Waals surface area contributed by atoms with Crippen LogP contribution in [0.3, 0.4) is 0 Å². The minimum absolute atomic E-state index is 0. The van der Waals surface area contributed by atoms with Crippen molar-refractivity contribution in [3.05, 3.63) is 34.1 Å². The molecule has 0 spiro atoms. The van der Waals surface area contributed by atoms with E-state index in [2.05, 4.69) is 20.9 Å². The molecular formula is C8H10BrClFN3. The van der Waals surface area contributed by atoms with Gasteiger partial charge in [0, 0.05) is 0 Å². The predicted octanol–water partition coefficient (Wildman–Crippen LogP) is 1.78. The van der Waals surface area contributed by atoms with E-state index in [0.29, 0.717) is 10.0 Å². The normalized spacial score (nSPS) is 9.00. The van der Waals surface area contributed by atoms with E-state index in [0.717, 1.165) is 0 Å². The Kier molecular flexibility index (Phi) is 5.49. The van der Waals surface area contributed by atoms with Crippen LogP contribution in [-0.2, 0) is 6.54 Å². The monoisotopic (exact) mass is 281 g/mol. The van der Waals surface area contributed by atoms with Gasteiger partial charge in [0.1, 0.15) is 5.82 Å². The van der Waals surface area contributed by atoms with Gasteiger partial charge in [-0.3, -0.25) is 0 Å². The highest BCUT2D eigenvalue weighted by atomic mass is 79.9. The number of guanidine groups is 1. The molecule has 1 aromatic carbocycles. The predicted molar refractivity (Wildman–Crippen MR) is 60.9 cm³/mol. The summed E-state index contributed by atoms with van der Waals surface area (Å²) in [4.78, 5) is 3.77. The SMILES string of the molecule is Cl.NC(N)=NCc1cccc(F)c1Br. The zero-order valence-corrected chi connectivity index (χ0v) is 9.61. The second-order valence-electron chi connectivity index (χ2n) is 2.45. The lowest BCUT2D eigenvalue weighted by Gasteiger charge is -2.01. The smallest absolute Gasteiger partial charge is 0.186 e. The Morgan fingerprint density at radius 2 is 2.07 bits per heavy atom. The zero-order valence-electron chi connectivity index (χ0n) is 7.21. The summed E-state index contributed by atoms with van der Waals surface area (Å²) in [6.07, 6.45) is 0. The highest BCUT2D eigenvalue weighted by Crippen LogP contribution is 2.20. The summed E-state index contributed by atoms with van der Waals surface area (Å²) in [6, 6.07) is 4.72. The lowest BCUT2D eigenvalue weighted by Crippen LogP contribution is -2.22. The van der Waals surface area contributed by atoms with Gasteiger partial charge >= 0.3 is 0 Å². The standard InChI is InChI=1S/C8H9BrFN3.ClH/c9-7-5(4-13-8(11)12)2-1-3-6(7)10;/h1-3H,4H2,(H4,11,12,13);1H. The summed E-state index contributed by atoms with van der Waals surface area (Å²) >= 11 is 3.10. The van der Waals surface area contributed by atoms with Gasteiger partial charge in [0.2, 0.25) is 0 Å². The van der Waals surface area contributed by atoms with Gasteiger partial charge in [0.15, 0.2) is 5.96 Å². The first-order valence-corrected chi connectivity index (χ1v) is 4.39. The Bertz CT molecular complexity index is 339. The minimum atomic E-state index is -0.316. The molecule has 0 bridgehead atoms. The number of halogens is 3. The van der Waals surface area contributed by atoms with Crippen molar-refractivity contribution in [2.45, 2.75) is 6.54 Å². The van der Waals surface area contributed by atoms with Crippen LogP contribution >= 0.6 is 28.3 Å². The molecule has 1 aromatic rings. The van der Waals surface area contributed by atoms with Crippen molar-refractivity contribution >= 4 is 34.3 Å². The molecule has 0 aliphatic carbocycles. The van der Waals surface area contributed by atoms with Crippen LogP contribution in [0.2, 0.25) is 0 Å². The number of nitrogens with two attached hydrogens (primary N) is 2. The fourth-order valence-electron chi connectivity index (χ4n) is 0.847. The van der Waals surface area contributed by atoms with Crippen LogP contribution in [0.1, 0.15) is 5.56 Å². The summed E-state index contributed by atoms with van der Waals surface area (Å²) in [5.74, 6) is -0.320. The largest absolute Gasteiger partial charge is 0.370 e. The summed E-state index contributed by atoms with van der Waals surface area (Å²) in [5.41, 5.74) is 11.0. The van der Waals surface area contributed by atoms with Crippen LogP contribution in [-0.4, -0.2) is 5.96 Å². The molecule has 78 valence electrons. The average Bonchev–Trinajstić information content (AvgIpc) is 2.07. The molecule has 3 nitrogen and oxygen atoms in total. The highest BCUT2D eigenvalue weighted by molar-refractivity contribution is 9.10. The van der Waals surface area contributed by atoms with Crippen LogP contribution in [0.25, 0.3) is 0 Å². The Balaban J connectivity index is 0.00000169. The van der Waals surface area contributed by atoms with Gasteiger partial charge < -0.3 is 11.5 Å². The zero-order chi connectivity index (χ0) is 9.84. The molecule has 4 N–H and O–H groups in total. The minimum Gasteiger partial charge on any atom is -0.370 e. The Labute approximate surface area is 95.9 Å². The lowest BCUT2D eigenvalue weighted by atomic mass is 10.2. The highest BCUT2D eigenvalue weighted by Gasteiger charge is 2.03. The number of hydrogen-bond acceptors (Lipinski definition) is 1. The van der Waals surface area contributed by atoms with Crippen molar-refractivity contribution in [3.8, 4) is 0 Å². The molecule has 1 rings (SSSR count). The van der Waals surface area contributed by atoms with Crippen LogP contribution in [0, 0.1) is 5.82 Å². The van der Waals surface area contributed by atoms with E-state index in [-0.39, 0.29) is 30.7 Å². The third-order valence-corrected chi connectivity index (χ3v) is 2.35. The third kappa shape index (κ3) is 3.51. The van der Waals surface area contributed by atoms with E-state index in [4.69, 9.17) is 11.5 Å². The molecule has 6 heteroatoms. The van der Waals surface area contributed by atoms with Crippen molar-refractivity contribution in [2.24, 2.45) is 16.5 Å². The number of aliphatic imine (C=N–C) groups is 1. The molecule has 0 saturated heterocycles. The van der Waals surface area contributed by atoms with Gasteiger partial charge in [-0.05, 0) is 27.6 Å². The number of hydrogen-bond donors (Lipinski definition) is 2. The fraction of sp³-hybridized carbons (Fsp3) is 0.125. The Morgan fingerprint density at radius 1 is 1.43 bits per heavy atom. The third-order valence-electron chi connectivity index (χ3n) is 1.46. The first kappa shape index (κ1) is 13.2. The van der Waals surface area contributed by atoms with Gasteiger partial charge in [-0.25, -0.2) is 9.38 Å². The maximum atomic E-state index is 12.9. The van der Waals surface area contributed by atoms with Crippen molar-refractivity contribution in [1.29, 1.82) is 0 Å². The van der Waals surface area contributed by atoms with Crippen molar-refractivity contribution in [1.82, 2.24) is 0 Å². The van der Waals surface area contributed by atoms with Crippen LogP contribution in [0.4, 0.5) is 4.39 Å². The molecule has 0 saturated carbocycles. The molecule has 0 heterocycles. The topological polar surface area (TPSA) is 64.4 Å². The van der Waals surface area contributed by atoms with E-state index in [1.54, 1.807) is 12.1 Å². The molecule has 0 amide bonds. The van der Waals surface area contributed by atoms with Crippen molar-refractivity contribution in [3.63, 3.8) is 0 Å². The second-order valence-corrected chi connectivity index (χ2v) is 3.25. The average molecular weight is 283 g/mol. The van der Waals surface area contributed by atoms with Crippen molar-refractivity contribution in [2.75, 3.05) is 0 Å². The van der Waals surface area contributed by atoms with Gasteiger partial charge in [-0.15, -0.1) is 12.4 Å². The molecule has 14 heavy (non-hydrogen) atoms. The summed E-state index contributed by atoms with van der Waals surface area (Å²) < 4.78 is 13.3. The van der Waals surface area contributed by atoms with Gasteiger partial charge in [0.05, 0.1) is 11.0 Å². The summed E-state index contributed by atoms with van der Waals surface area (Å²) in [6.45, 7) is 0.278. The van der Waals surface area contributed by atoms with E-state index in [1.165, 1.54) is 6.07 Å². The summed E-state index contributed by atoms with van der Waals surface area (Å²) in [5, 5.41) is 0. The van der Waals surface area contributed by atoms with Gasteiger partial charge in [-0.2, -0.15) is 0 Å². The molecule has 0 aliphatic heterocycles. The maximum absolute atomic E-state index is 12.9. The molecule has 0 aromatic heterocycles. The molecule has 0 aliphatic rings. The van der Waals surface area contributed by atoms with Gasteiger partial charge in [0.25, 0.3) is 0 Å². The molecular weight excluding hydrogens is 272 g/mol. The van der Waals surface area contributed by atoms with E-state index in [1.807, 2.05) is 0 Å². The Morgan fingerprint density at radius 3 is 2.64 bits per heavy atom. The first-order valence-electron chi connectivity index (χ1n) is 3.59. The number of rotatable bonds is 2. The molecule has 0 fully saturated rings. The quantitative estimate of drug-likeness (QED) is 0.641. The second kappa shape index (κ2) is 5.82. The summed E-state index contributed by atoms with van der Waals surface area (Å²) in [7, 11) is 0. The van der Waals surface area contributed by atoms with Crippen LogP contribution in [0.5, 0.6) is 0 Å². The van der Waals surface area contributed by atoms with E-state index in [9.17, 15) is 4.39 Å². The number of benzene rings is 1. The number of nitrogens with zero attached hydrogens (tertiary/aromatic N) is 1. The fourth-order valence-corrected chi connectivity index (χ4v) is 1.24. The molecule has 0 radical (unpaired) electrons. The lowest BCUT2D eigenvalue weighted by molar-refractivity contribution is 0.618. The maximum Gasteiger partial charge on any atom is 0.186 e.